The molecular formula is C28H31ClN2O2. The zero-order valence-electron chi connectivity index (χ0n) is 19.1. The first-order chi connectivity index (χ1) is 16.0. The third-order valence-corrected chi connectivity index (χ3v) is 6.88. The number of carbonyl (C=O) groups excluding carboxylic acids is 2. The van der Waals surface area contributed by atoms with Gasteiger partial charge < -0.3 is 10.2 Å². The Morgan fingerprint density at radius 3 is 2.45 bits per heavy atom. The summed E-state index contributed by atoms with van der Waals surface area (Å²) in [5.74, 6) is -0.0960. The van der Waals surface area contributed by atoms with Crippen molar-refractivity contribution < 1.29 is 9.59 Å². The number of aryl methyl sites for hydroxylation is 1. The molecule has 0 saturated heterocycles. The van der Waals surface area contributed by atoms with Gasteiger partial charge in [-0.3, -0.25) is 9.59 Å². The Morgan fingerprint density at radius 2 is 1.70 bits per heavy atom. The van der Waals surface area contributed by atoms with Crippen molar-refractivity contribution in [2.75, 3.05) is 0 Å². The van der Waals surface area contributed by atoms with E-state index in [4.69, 9.17) is 11.6 Å². The Morgan fingerprint density at radius 1 is 1.00 bits per heavy atom. The van der Waals surface area contributed by atoms with E-state index < -0.39 is 6.04 Å². The van der Waals surface area contributed by atoms with Crippen molar-refractivity contribution in [3.8, 4) is 0 Å². The van der Waals surface area contributed by atoms with Crippen LogP contribution in [0.3, 0.4) is 0 Å². The fourth-order valence-corrected chi connectivity index (χ4v) is 4.78. The van der Waals surface area contributed by atoms with E-state index in [2.05, 4.69) is 29.6 Å². The third kappa shape index (κ3) is 5.94. The van der Waals surface area contributed by atoms with Crippen molar-refractivity contribution in [1.82, 2.24) is 10.2 Å². The zero-order valence-corrected chi connectivity index (χ0v) is 19.9. The van der Waals surface area contributed by atoms with E-state index in [1.165, 1.54) is 10.8 Å². The van der Waals surface area contributed by atoms with Gasteiger partial charge in [0.05, 0.1) is 0 Å². The Bertz CT molecular complexity index is 1100. The van der Waals surface area contributed by atoms with Gasteiger partial charge in [-0.2, -0.15) is 0 Å². The molecule has 0 bridgehead atoms. The van der Waals surface area contributed by atoms with Gasteiger partial charge in [0.2, 0.25) is 11.8 Å². The van der Waals surface area contributed by atoms with Crippen molar-refractivity contribution in [3.05, 3.63) is 82.9 Å². The molecule has 4 rings (SSSR count). The number of carbonyl (C=O) groups is 2. The van der Waals surface area contributed by atoms with Crippen LogP contribution in [0, 0.1) is 0 Å². The molecule has 172 valence electrons. The molecular weight excluding hydrogens is 432 g/mol. The lowest BCUT2D eigenvalue weighted by atomic mass is 10.0. The van der Waals surface area contributed by atoms with Gasteiger partial charge in [-0.25, -0.2) is 0 Å². The maximum Gasteiger partial charge on any atom is 0.242 e. The highest BCUT2D eigenvalue weighted by atomic mass is 35.5. The molecule has 0 aliphatic heterocycles. The molecule has 1 aliphatic carbocycles. The summed E-state index contributed by atoms with van der Waals surface area (Å²) in [7, 11) is 0. The first kappa shape index (κ1) is 23.3. The molecule has 1 fully saturated rings. The lowest BCUT2D eigenvalue weighted by Gasteiger charge is -2.30. The lowest BCUT2D eigenvalue weighted by molar-refractivity contribution is -0.140. The third-order valence-electron chi connectivity index (χ3n) is 6.62. The second kappa shape index (κ2) is 10.8. The summed E-state index contributed by atoms with van der Waals surface area (Å²) in [5, 5.41) is 6.15. The number of hydrogen-bond donors (Lipinski definition) is 1. The molecule has 1 aliphatic rings. The molecule has 33 heavy (non-hydrogen) atoms. The van der Waals surface area contributed by atoms with Crippen LogP contribution >= 0.6 is 11.6 Å². The predicted molar refractivity (Wildman–Crippen MR) is 134 cm³/mol. The van der Waals surface area contributed by atoms with Gasteiger partial charge >= 0.3 is 0 Å². The molecule has 1 unspecified atom stereocenters. The van der Waals surface area contributed by atoms with Gasteiger partial charge in [-0.15, -0.1) is 0 Å². The van der Waals surface area contributed by atoms with Gasteiger partial charge in [-0.05, 0) is 60.2 Å². The monoisotopic (exact) mass is 462 g/mol. The van der Waals surface area contributed by atoms with Gasteiger partial charge in [-0.1, -0.05) is 79.0 Å². The van der Waals surface area contributed by atoms with Crippen molar-refractivity contribution in [2.24, 2.45) is 0 Å². The minimum atomic E-state index is -0.540. The molecule has 4 nitrogen and oxygen atoms in total. The fraction of sp³-hybridized carbons (Fsp3) is 0.357. The molecule has 0 heterocycles. The standard InChI is InChI=1S/C28H31ClN2O2/c1-20(28(33)30-25-10-3-4-11-25)31(19-21-13-16-24(29)17-14-21)27(32)18-15-23-9-6-8-22-7-2-5-12-26(22)23/h2,5-9,12-14,16-17,20,25H,3-4,10-11,15,18-19H2,1H3,(H,30,33). The number of nitrogens with zero attached hydrogens (tertiary/aromatic N) is 1. The van der Waals surface area contributed by atoms with Crippen LogP contribution in [0.15, 0.2) is 66.7 Å². The lowest BCUT2D eigenvalue weighted by Crippen LogP contribution is -2.49. The quantitative estimate of drug-likeness (QED) is 0.453. The second-order valence-electron chi connectivity index (χ2n) is 8.95. The van der Waals surface area contributed by atoms with E-state index in [0.29, 0.717) is 24.4 Å². The van der Waals surface area contributed by atoms with Gasteiger partial charge in [0.15, 0.2) is 0 Å². The number of nitrogens with one attached hydrogen (secondary N) is 1. The molecule has 1 saturated carbocycles. The number of hydrogen-bond acceptors (Lipinski definition) is 2. The summed E-state index contributed by atoms with van der Waals surface area (Å²) in [6.07, 6.45) is 5.32. The van der Waals surface area contributed by atoms with E-state index in [0.717, 1.165) is 36.8 Å². The molecule has 5 heteroatoms. The summed E-state index contributed by atoms with van der Waals surface area (Å²) in [6.45, 7) is 2.21. The van der Waals surface area contributed by atoms with E-state index in [1.54, 1.807) is 4.90 Å². The van der Waals surface area contributed by atoms with E-state index >= 15 is 0 Å². The topological polar surface area (TPSA) is 49.4 Å². The highest BCUT2D eigenvalue weighted by Crippen LogP contribution is 2.22. The number of benzene rings is 3. The van der Waals surface area contributed by atoms with Gasteiger partial charge in [0.1, 0.15) is 6.04 Å². The van der Waals surface area contributed by atoms with Crippen molar-refractivity contribution in [2.45, 2.75) is 64.1 Å². The van der Waals surface area contributed by atoms with Gasteiger partial charge in [0.25, 0.3) is 0 Å². The summed E-state index contributed by atoms with van der Waals surface area (Å²) in [6, 6.07) is 21.6. The molecule has 1 atom stereocenters. The normalized spacial score (nSPS) is 14.8. The van der Waals surface area contributed by atoms with Gasteiger partial charge in [0, 0.05) is 24.0 Å². The van der Waals surface area contributed by atoms with Crippen LogP contribution in [0.5, 0.6) is 0 Å². The number of amides is 2. The van der Waals surface area contributed by atoms with Crippen molar-refractivity contribution >= 4 is 34.2 Å². The highest BCUT2D eigenvalue weighted by Gasteiger charge is 2.28. The Hall–Kier alpha value is -2.85. The predicted octanol–water partition coefficient (Wildman–Crippen LogP) is 5.90. The molecule has 0 spiro atoms. The summed E-state index contributed by atoms with van der Waals surface area (Å²) >= 11 is 6.04. The minimum Gasteiger partial charge on any atom is -0.352 e. The fourth-order valence-electron chi connectivity index (χ4n) is 4.66. The number of fused-ring (bicyclic) bond motifs is 1. The van der Waals surface area contributed by atoms with Crippen LogP contribution in [0.1, 0.15) is 50.2 Å². The molecule has 2 amide bonds. The maximum atomic E-state index is 13.4. The average molecular weight is 463 g/mol. The molecule has 3 aromatic rings. The van der Waals surface area contributed by atoms with Crippen LogP contribution in [0.25, 0.3) is 10.8 Å². The SMILES string of the molecule is CC(C(=O)NC1CCCC1)N(Cc1ccc(Cl)cc1)C(=O)CCc1cccc2ccccc12. The average Bonchev–Trinajstić information content (AvgIpc) is 3.34. The highest BCUT2D eigenvalue weighted by molar-refractivity contribution is 6.30. The van der Waals surface area contributed by atoms with E-state index in [-0.39, 0.29) is 17.9 Å². The Labute approximate surface area is 200 Å². The minimum absolute atomic E-state index is 0.0213. The molecule has 0 radical (unpaired) electrons. The smallest absolute Gasteiger partial charge is 0.242 e. The first-order valence-corrected chi connectivity index (χ1v) is 12.2. The molecule has 0 aromatic heterocycles. The Kier molecular flexibility index (Phi) is 7.66. The molecule has 1 N–H and O–H groups in total. The van der Waals surface area contributed by atoms with Crippen molar-refractivity contribution in [3.63, 3.8) is 0 Å². The Balaban J connectivity index is 1.50. The van der Waals surface area contributed by atoms with Crippen LogP contribution in [-0.4, -0.2) is 28.8 Å². The summed E-state index contributed by atoms with van der Waals surface area (Å²) in [4.78, 5) is 28.1. The van der Waals surface area contributed by atoms with Crippen LogP contribution in [-0.2, 0) is 22.6 Å². The first-order valence-electron chi connectivity index (χ1n) is 11.8. The van der Waals surface area contributed by atoms with Crippen LogP contribution in [0.4, 0.5) is 0 Å². The van der Waals surface area contributed by atoms with E-state index in [1.807, 2.05) is 49.4 Å². The summed E-state index contributed by atoms with van der Waals surface area (Å²) < 4.78 is 0. The largest absolute Gasteiger partial charge is 0.352 e. The second-order valence-corrected chi connectivity index (χ2v) is 9.39. The number of rotatable bonds is 8. The van der Waals surface area contributed by atoms with Crippen molar-refractivity contribution in [1.29, 1.82) is 0 Å². The summed E-state index contributed by atoms with van der Waals surface area (Å²) in [5.41, 5.74) is 2.11. The van der Waals surface area contributed by atoms with Crippen LogP contribution in [0.2, 0.25) is 5.02 Å². The van der Waals surface area contributed by atoms with E-state index in [9.17, 15) is 9.59 Å². The number of halogens is 1. The zero-order chi connectivity index (χ0) is 23.2. The van der Waals surface area contributed by atoms with Crippen LogP contribution < -0.4 is 5.32 Å². The maximum absolute atomic E-state index is 13.4. The molecule has 3 aromatic carbocycles.